The van der Waals surface area contributed by atoms with E-state index in [2.05, 4.69) is 45.3 Å². The molecule has 0 spiro atoms. The second kappa shape index (κ2) is 14.6. The molecule has 0 unspecified atom stereocenters. The minimum atomic E-state index is -0.849. The summed E-state index contributed by atoms with van der Waals surface area (Å²) in [4.78, 5) is 36.3. The standard InChI is InChI=1S/C38H51N5O4/c1-37(2,3)41-36(47)32-25-43(38(4,5)29-15-11-17-39-23-29)19-18-42(32)24-30(44)21-28(20-26-12-7-6-8-13-26)35(46)40-34-31-16-10-9-14-27(31)22-33(34)45/h6-17,23,28,30,32-34,44-45H,18-22,24-25H2,1-5H3,(H,40,46)(H,41,47)/t28-,30+,32+,33-,34+/m1/s1. The Kier molecular flexibility index (Phi) is 10.8. The van der Waals surface area contributed by atoms with Crippen LogP contribution < -0.4 is 10.6 Å². The number of amides is 2. The maximum Gasteiger partial charge on any atom is 0.239 e. The van der Waals surface area contributed by atoms with Crippen molar-refractivity contribution < 1.29 is 19.8 Å². The molecule has 1 aromatic heterocycles. The molecule has 2 heterocycles. The van der Waals surface area contributed by atoms with Gasteiger partial charge in [-0.3, -0.25) is 24.4 Å². The Morgan fingerprint density at radius 1 is 0.979 bits per heavy atom. The zero-order chi connectivity index (χ0) is 33.8. The smallest absolute Gasteiger partial charge is 0.239 e. The molecule has 4 N–H and O–H groups in total. The summed E-state index contributed by atoms with van der Waals surface area (Å²) in [6.45, 7) is 12.3. The lowest BCUT2D eigenvalue weighted by atomic mass is 9.90. The van der Waals surface area contributed by atoms with E-state index in [9.17, 15) is 19.8 Å². The van der Waals surface area contributed by atoms with Gasteiger partial charge >= 0.3 is 0 Å². The second-order valence-corrected chi connectivity index (χ2v) is 14.7. The van der Waals surface area contributed by atoms with Crippen molar-refractivity contribution >= 4 is 11.8 Å². The average Bonchev–Trinajstić information content (AvgIpc) is 3.35. The van der Waals surface area contributed by atoms with E-state index in [1.165, 1.54) is 0 Å². The monoisotopic (exact) mass is 641 g/mol. The summed E-state index contributed by atoms with van der Waals surface area (Å²) >= 11 is 0. The normalized spacial score (nSPS) is 21.9. The molecular weight excluding hydrogens is 590 g/mol. The Morgan fingerprint density at radius 3 is 2.40 bits per heavy atom. The molecular formula is C38H51N5O4. The van der Waals surface area contributed by atoms with Crippen molar-refractivity contribution in [2.24, 2.45) is 5.92 Å². The predicted molar refractivity (Wildman–Crippen MR) is 183 cm³/mol. The number of pyridine rings is 1. The van der Waals surface area contributed by atoms with Crippen LogP contribution in [0.2, 0.25) is 0 Å². The number of carbonyl (C=O) groups excluding carboxylic acids is 2. The summed E-state index contributed by atoms with van der Waals surface area (Å²) in [7, 11) is 0. The summed E-state index contributed by atoms with van der Waals surface area (Å²) in [6.07, 6.45) is 3.26. The zero-order valence-corrected chi connectivity index (χ0v) is 28.4. The number of aliphatic hydroxyl groups is 2. The number of nitrogens with zero attached hydrogens (tertiary/aromatic N) is 3. The van der Waals surface area contributed by atoms with Crippen LogP contribution in [0, 0.1) is 5.92 Å². The summed E-state index contributed by atoms with van der Waals surface area (Å²) in [5.41, 5.74) is 3.29. The largest absolute Gasteiger partial charge is 0.392 e. The van der Waals surface area contributed by atoms with Crippen molar-refractivity contribution in [3.05, 3.63) is 101 Å². The first kappa shape index (κ1) is 34.7. The lowest BCUT2D eigenvalue weighted by Gasteiger charge is -2.48. The quantitative estimate of drug-likeness (QED) is 0.253. The zero-order valence-electron chi connectivity index (χ0n) is 28.4. The van der Waals surface area contributed by atoms with Crippen LogP contribution in [0.5, 0.6) is 0 Å². The van der Waals surface area contributed by atoms with Crippen LogP contribution in [0.4, 0.5) is 0 Å². The molecule has 5 rings (SSSR count). The van der Waals surface area contributed by atoms with Gasteiger partial charge in [-0.2, -0.15) is 0 Å². The van der Waals surface area contributed by atoms with Gasteiger partial charge in [-0.25, -0.2) is 0 Å². The highest BCUT2D eigenvalue weighted by Gasteiger charge is 2.41. The van der Waals surface area contributed by atoms with Gasteiger partial charge < -0.3 is 20.8 Å². The number of piperazine rings is 1. The Hall–Kier alpha value is -3.63. The van der Waals surface area contributed by atoms with E-state index in [1.54, 1.807) is 6.20 Å². The maximum atomic E-state index is 13.9. The molecule has 0 radical (unpaired) electrons. The number of hydrogen-bond acceptors (Lipinski definition) is 7. The van der Waals surface area contributed by atoms with Crippen LogP contribution >= 0.6 is 0 Å². The number of aliphatic hydroxyl groups excluding tert-OH is 2. The summed E-state index contributed by atoms with van der Waals surface area (Å²) in [5, 5.41) is 28.7. The van der Waals surface area contributed by atoms with Gasteiger partial charge in [-0.05, 0) is 75.8 Å². The third-order valence-electron chi connectivity index (χ3n) is 9.65. The van der Waals surface area contributed by atoms with E-state index in [4.69, 9.17) is 0 Å². The molecule has 1 fully saturated rings. The minimum absolute atomic E-state index is 0.0798. The van der Waals surface area contributed by atoms with Crippen molar-refractivity contribution in [3.63, 3.8) is 0 Å². The van der Waals surface area contributed by atoms with Crippen molar-refractivity contribution in [2.45, 2.75) is 89.3 Å². The Bertz CT molecular complexity index is 1490. The van der Waals surface area contributed by atoms with Gasteiger partial charge in [0.1, 0.15) is 6.04 Å². The number of nitrogens with one attached hydrogen (secondary N) is 2. The SMILES string of the molecule is CC(C)(C)NC(=O)[C@@H]1CN(C(C)(C)c2cccnc2)CCN1C[C@@H](O)C[C@@H](Cc1ccccc1)C(=O)N[C@H]1c2ccccc2C[C@H]1O. The number of aromatic nitrogens is 1. The number of rotatable bonds is 11. The molecule has 1 saturated heterocycles. The summed E-state index contributed by atoms with van der Waals surface area (Å²) < 4.78 is 0. The van der Waals surface area contributed by atoms with Gasteiger partial charge in [0.05, 0.1) is 18.2 Å². The minimum Gasteiger partial charge on any atom is -0.392 e. The van der Waals surface area contributed by atoms with E-state index in [0.717, 1.165) is 22.3 Å². The topological polar surface area (TPSA) is 118 Å². The molecule has 0 saturated carbocycles. The van der Waals surface area contributed by atoms with Crippen LogP contribution in [-0.2, 0) is 28.0 Å². The lowest BCUT2D eigenvalue weighted by molar-refractivity contribution is -0.133. The molecule has 1 aliphatic heterocycles. The third kappa shape index (κ3) is 8.65. The third-order valence-corrected chi connectivity index (χ3v) is 9.65. The first-order valence-electron chi connectivity index (χ1n) is 16.8. The highest BCUT2D eigenvalue weighted by Crippen LogP contribution is 2.33. The van der Waals surface area contributed by atoms with Gasteiger partial charge in [0.2, 0.25) is 11.8 Å². The van der Waals surface area contributed by atoms with Gasteiger partial charge in [-0.1, -0.05) is 60.7 Å². The molecule has 2 amide bonds. The van der Waals surface area contributed by atoms with E-state index in [0.29, 0.717) is 32.5 Å². The lowest BCUT2D eigenvalue weighted by Crippen LogP contribution is -2.64. The summed E-state index contributed by atoms with van der Waals surface area (Å²) in [6, 6.07) is 20.6. The fraction of sp³-hybridized carbons (Fsp3) is 0.500. The van der Waals surface area contributed by atoms with Gasteiger partial charge in [0.15, 0.2) is 0 Å². The van der Waals surface area contributed by atoms with Gasteiger partial charge in [-0.15, -0.1) is 0 Å². The second-order valence-electron chi connectivity index (χ2n) is 14.7. The van der Waals surface area contributed by atoms with Gasteiger partial charge in [0.25, 0.3) is 0 Å². The molecule has 5 atom stereocenters. The van der Waals surface area contributed by atoms with Crippen molar-refractivity contribution in [2.75, 3.05) is 26.2 Å². The fourth-order valence-electron chi connectivity index (χ4n) is 7.03. The van der Waals surface area contributed by atoms with E-state index >= 15 is 0 Å². The highest BCUT2D eigenvalue weighted by molar-refractivity contribution is 5.83. The number of β-amino-alcohol motifs (C(OH)–C–C–N with tert-alkyl or cyclic N) is 1. The fourth-order valence-corrected chi connectivity index (χ4v) is 7.03. The molecule has 47 heavy (non-hydrogen) atoms. The first-order valence-corrected chi connectivity index (χ1v) is 16.8. The Morgan fingerprint density at radius 2 is 1.70 bits per heavy atom. The predicted octanol–water partition coefficient (Wildman–Crippen LogP) is 3.60. The highest BCUT2D eigenvalue weighted by atomic mass is 16.3. The summed E-state index contributed by atoms with van der Waals surface area (Å²) in [5.74, 6) is -0.803. The van der Waals surface area contributed by atoms with Crippen molar-refractivity contribution in [1.29, 1.82) is 0 Å². The molecule has 252 valence electrons. The Balaban J connectivity index is 1.32. The molecule has 2 aromatic carbocycles. The molecule has 2 aliphatic rings. The van der Waals surface area contributed by atoms with Gasteiger partial charge in [0, 0.05) is 62.0 Å². The first-order chi connectivity index (χ1) is 22.3. The Labute approximate surface area is 279 Å². The van der Waals surface area contributed by atoms with E-state index < -0.39 is 35.7 Å². The number of benzene rings is 2. The van der Waals surface area contributed by atoms with Crippen molar-refractivity contribution in [3.8, 4) is 0 Å². The maximum absolute atomic E-state index is 13.9. The molecule has 1 aliphatic carbocycles. The molecule has 3 aromatic rings. The van der Waals surface area contributed by atoms with Crippen LogP contribution in [0.3, 0.4) is 0 Å². The van der Waals surface area contributed by atoms with Crippen molar-refractivity contribution in [1.82, 2.24) is 25.4 Å². The van der Waals surface area contributed by atoms with Crippen LogP contribution in [0.15, 0.2) is 79.1 Å². The van der Waals surface area contributed by atoms with E-state index in [-0.39, 0.29) is 30.3 Å². The van der Waals surface area contributed by atoms with Crippen LogP contribution in [-0.4, -0.2) is 86.8 Å². The molecule has 9 heteroatoms. The van der Waals surface area contributed by atoms with Crippen LogP contribution in [0.25, 0.3) is 0 Å². The number of fused-ring (bicyclic) bond motifs is 1. The molecule has 9 nitrogen and oxygen atoms in total. The average molecular weight is 642 g/mol. The number of carbonyl (C=O) groups is 2. The number of hydrogen-bond donors (Lipinski definition) is 4. The van der Waals surface area contributed by atoms with Crippen LogP contribution in [0.1, 0.15) is 69.3 Å². The van der Waals surface area contributed by atoms with E-state index in [1.807, 2.05) is 87.6 Å². The molecule has 0 bridgehead atoms.